The molecular formula is C35H42N4O4. The quantitative estimate of drug-likeness (QED) is 0.194. The molecule has 0 aliphatic carbocycles. The van der Waals surface area contributed by atoms with E-state index < -0.39 is 0 Å². The van der Waals surface area contributed by atoms with E-state index in [0.29, 0.717) is 41.5 Å². The number of pyridine rings is 1. The van der Waals surface area contributed by atoms with E-state index in [9.17, 15) is 14.4 Å². The average molecular weight is 583 g/mol. The zero-order valence-electron chi connectivity index (χ0n) is 26.4. The monoisotopic (exact) mass is 582 g/mol. The first-order valence-corrected chi connectivity index (χ1v) is 14.2. The molecule has 2 amide bonds. The molecule has 0 aliphatic rings. The number of hydrogen-bond acceptors (Lipinski definition) is 6. The van der Waals surface area contributed by atoms with Gasteiger partial charge in [-0.15, -0.1) is 0 Å². The summed E-state index contributed by atoms with van der Waals surface area (Å²) in [5.74, 6) is -0.106. The second-order valence-electron chi connectivity index (χ2n) is 11.4. The van der Waals surface area contributed by atoms with Crippen LogP contribution in [0.25, 0.3) is 5.57 Å². The van der Waals surface area contributed by atoms with Crippen molar-refractivity contribution in [1.82, 2.24) is 9.88 Å². The highest BCUT2D eigenvalue weighted by Gasteiger charge is 2.17. The maximum Gasteiger partial charge on any atom is 0.255 e. The third kappa shape index (κ3) is 8.72. The Hall–Kier alpha value is -4.56. The van der Waals surface area contributed by atoms with Gasteiger partial charge in [0.2, 0.25) is 0 Å². The fraction of sp³-hybridized carbons (Fsp3) is 0.314. The molecule has 1 heterocycles. The number of benzene rings is 2. The summed E-state index contributed by atoms with van der Waals surface area (Å²) >= 11 is 0. The molecule has 0 atom stereocenters. The summed E-state index contributed by atoms with van der Waals surface area (Å²) in [6.07, 6.45) is 5.16. The van der Waals surface area contributed by atoms with Crippen molar-refractivity contribution < 1.29 is 19.1 Å². The van der Waals surface area contributed by atoms with Crippen LogP contribution >= 0.6 is 0 Å². The second-order valence-corrected chi connectivity index (χ2v) is 11.4. The predicted octanol–water partition coefficient (Wildman–Crippen LogP) is 6.65. The van der Waals surface area contributed by atoms with Gasteiger partial charge in [0.1, 0.15) is 5.82 Å². The number of rotatable bonds is 11. The minimum absolute atomic E-state index is 0.00355. The summed E-state index contributed by atoms with van der Waals surface area (Å²) in [5, 5.41) is 6.13. The van der Waals surface area contributed by atoms with Crippen LogP contribution in [0.15, 0.2) is 78.6 Å². The molecule has 0 unspecified atom stereocenters. The standard InChI is InChI=1S/C35H42N4O4/c1-9-25(21-31(24(3)40)37-32-18-15-27(22-36-32)34(42)39(7)19-20-43-8)29-11-10-12-30(23(29)2)38-33(41)26-13-16-28(17-14-26)35(4,5)6/h9-18,21-22H,19-20H2,1-8H3,(H,36,37)(H,38,41)/b25-9?,31-21+. The molecule has 0 bridgehead atoms. The first kappa shape index (κ1) is 32.9. The van der Waals surface area contributed by atoms with Gasteiger partial charge in [0, 0.05) is 45.1 Å². The van der Waals surface area contributed by atoms with Gasteiger partial charge in [-0.1, -0.05) is 51.1 Å². The van der Waals surface area contributed by atoms with Crippen molar-refractivity contribution in [3.8, 4) is 0 Å². The summed E-state index contributed by atoms with van der Waals surface area (Å²) in [6, 6.07) is 16.7. The fourth-order valence-corrected chi connectivity index (χ4v) is 4.38. The number of ether oxygens (including phenoxy) is 1. The van der Waals surface area contributed by atoms with Crippen LogP contribution in [0.3, 0.4) is 0 Å². The number of likely N-dealkylation sites (N-methyl/N-ethyl adjacent to an activating group) is 1. The molecule has 2 N–H and O–H groups in total. The number of Topliss-reactive ketones (excluding diaryl/α,β-unsaturated/α-hetero) is 1. The number of amides is 2. The number of carbonyl (C=O) groups is 3. The van der Waals surface area contributed by atoms with Crippen molar-refractivity contribution in [3.63, 3.8) is 0 Å². The Morgan fingerprint density at radius 1 is 0.977 bits per heavy atom. The number of anilines is 2. The molecule has 2 aromatic carbocycles. The highest BCUT2D eigenvalue weighted by molar-refractivity contribution is 6.05. The van der Waals surface area contributed by atoms with E-state index in [0.717, 1.165) is 22.3 Å². The lowest BCUT2D eigenvalue weighted by Gasteiger charge is -2.19. The third-order valence-corrected chi connectivity index (χ3v) is 7.15. The van der Waals surface area contributed by atoms with Gasteiger partial charge >= 0.3 is 0 Å². The second kappa shape index (κ2) is 14.6. The van der Waals surface area contributed by atoms with Crippen LogP contribution in [0, 0.1) is 6.92 Å². The summed E-state index contributed by atoms with van der Waals surface area (Å²) < 4.78 is 5.04. The Morgan fingerprint density at radius 3 is 2.21 bits per heavy atom. The summed E-state index contributed by atoms with van der Waals surface area (Å²) in [7, 11) is 3.29. The first-order chi connectivity index (χ1) is 20.3. The SMILES string of the molecule is CC=C(/C=C(/Nc1ccc(C(=O)N(C)CCOC)cn1)C(C)=O)c1cccc(NC(=O)c2ccc(C(C)(C)C)cc2)c1C. The molecule has 0 radical (unpaired) electrons. The topological polar surface area (TPSA) is 101 Å². The maximum absolute atomic E-state index is 13.1. The van der Waals surface area contributed by atoms with Crippen molar-refractivity contribution in [3.05, 3.63) is 106 Å². The van der Waals surface area contributed by atoms with E-state index in [2.05, 4.69) is 36.4 Å². The van der Waals surface area contributed by atoms with Crippen LogP contribution in [0.5, 0.6) is 0 Å². The average Bonchev–Trinajstić information content (AvgIpc) is 2.98. The van der Waals surface area contributed by atoms with Gasteiger partial charge < -0.3 is 20.3 Å². The molecule has 0 saturated heterocycles. The third-order valence-electron chi connectivity index (χ3n) is 7.15. The zero-order chi connectivity index (χ0) is 31.7. The Morgan fingerprint density at radius 2 is 1.65 bits per heavy atom. The van der Waals surface area contributed by atoms with Crippen molar-refractivity contribution in [2.24, 2.45) is 0 Å². The largest absolute Gasteiger partial charge is 0.383 e. The van der Waals surface area contributed by atoms with E-state index in [1.165, 1.54) is 13.1 Å². The molecule has 3 aromatic rings. The molecule has 8 heteroatoms. The van der Waals surface area contributed by atoms with Gasteiger partial charge in [-0.25, -0.2) is 4.98 Å². The minimum atomic E-state index is -0.192. The summed E-state index contributed by atoms with van der Waals surface area (Å²) in [5.41, 5.74) is 5.74. The molecule has 0 saturated carbocycles. The van der Waals surface area contributed by atoms with Gasteiger partial charge in [-0.3, -0.25) is 14.4 Å². The summed E-state index contributed by atoms with van der Waals surface area (Å²) in [6.45, 7) is 12.6. The Balaban J connectivity index is 1.81. The molecule has 0 aliphatic heterocycles. The smallest absolute Gasteiger partial charge is 0.255 e. The van der Waals surface area contributed by atoms with E-state index in [-0.39, 0.29) is 23.0 Å². The highest BCUT2D eigenvalue weighted by Crippen LogP contribution is 2.28. The first-order valence-electron chi connectivity index (χ1n) is 14.2. The highest BCUT2D eigenvalue weighted by atomic mass is 16.5. The van der Waals surface area contributed by atoms with Crippen LogP contribution in [0.4, 0.5) is 11.5 Å². The van der Waals surface area contributed by atoms with Crippen molar-refractivity contribution in [2.45, 2.75) is 47.0 Å². The number of carbonyl (C=O) groups excluding carboxylic acids is 3. The van der Waals surface area contributed by atoms with Crippen molar-refractivity contribution >= 4 is 34.7 Å². The van der Waals surface area contributed by atoms with E-state index >= 15 is 0 Å². The molecule has 1 aromatic heterocycles. The molecule has 43 heavy (non-hydrogen) atoms. The molecule has 8 nitrogen and oxygen atoms in total. The molecule has 0 spiro atoms. The van der Waals surface area contributed by atoms with Crippen molar-refractivity contribution in [2.75, 3.05) is 37.9 Å². The Bertz CT molecular complexity index is 1510. The molecule has 3 rings (SSSR count). The minimum Gasteiger partial charge on any atom is -0.383 e. The maximum atomic E-state index is 13.1. The number of ketones is 1. The normalized spacial score (nSPS) is 12.1. The van der Waals surface area contributed by atoms with E-state index in [4.69, 9.17) is 4.74 Å². The van der Waals surface area contributed by atoms with Gasteiger partial charge in [-0.2, -0.15) is 0 Å². The lowest BCUT2D eigenvalue weighted by atomic mass is 9.86. The van der Waals surface area contributed by atoms with Crippen LogP contribution in [0.2, 0.25) is 0 Å². The van der Waals surface area contributed by atoms with Gasteiger partial charge in [0.25, 0.3) is 11.8 Å². The van der Waals surface area contributed by atoms with Gasteiger partial charge in [0.05, 0.1) is 17.9 Å². The lowest BCUT2D eigenvalue weighted by Crippen LogP contribution is -2.30. The zero-order valence-corrected chi connectivity index (χ0v) is 26.4. The molecule has 0 fully saturated rings. The number of methoxy groups -OCH3 is 1. The van der Waals surface area contributed by atoms with Gasteiger partial charge in [-0.05, 0) is 77.9 Å². The molecular weight excluding hydrogens is 540 g/mol. The number of aromatic nitrogens is 1. The van der Waals surface area contributed by atoms with Crippen LogP contribution < -0.4 is 10.6 Å². The number of hydrogen-bond donors (Lipinski definition) is 2. The number of allylic oxidation sites excluding steroid dienone is 4. The number of nitrogens with one attached hydrogen (secondary N) is 2. The van der Waals surface area contributed by atoms with Crippen LogP contribution in [0.1, 0.15) is 72.0 Å². The molecule has 226 valence electrons. The Labute approximate surface area is 254 Å². The summed E-state index contributed by atoms with van der Waals surface area (Å²) in [4.78, 5) is 44.2. The van der Waals surface area contributed by atoms with Crippen molar-refractivity contribution in [1.29, 1.82) is 0 Å². The van der Waals surface area contributed by atoms with Gasteiger partial charge in [0.15, 0.2) is 5.78 Å². The Kier molecular flexibility index (Phi) is 11.2. The predicted molar refractivity (Wildman–Crippen MR) is 173 cm³/mol. The fourth-order valence-electron chi connectivity index (χ4n) is 4.38. The van der Waals surface area contributed by atoms with E-state index in [1.807, 2.05) is 62.4 Å². The lowest BCUT2D eigenvalue weighted by molar-refractivity contribution is -0.113. The number of nitrogens with zero attached hydrogens (tertiary/aromatic N) is 2. The van der Waals surface area contributed by atoms with Crippen LogP contribution in [-0.2, 0) is 14.9 Å². The van der Waals surface area contributed by atoms with Crippen LogP contribution in [-0.4, -0.2) is 54.8 Å². The van der Waals surface area contributed by atoms with E-state index in [1.54, 1.807) is 37.3 Å².